The number of benzene rings is 2. The molecule has 132 valence electrons. The number of rotatable bonds is 8. The van der Waals surface area contributed by atoms with Crippen molar-refractivity contribution in [1.29, 1.82) is 0 Å². The van der Waals surface area contributed by atoms with Gasteiger partial charge in [0, 0.05) is 18.0 Å². The van der Waals surface area contributed by atoms with E-state index in [2.05, 4.69) is 12.1 Å². The summed E-state index contributed by atoms with van der Waals surface area (Å²) in [5, 5.41) is 8.52. The molecule has 5 heteroatoms. The van der Waals surface area contributed by atoms with Gasteiger partial charge in [-0.2, -0.15) is 0 Å². The molecule has 0 saturated carbocycles. The first-order valence-corrected chi connectivity index (χ1v) is 9.22. The van der Waals surface area contributed by atoms with Crippen LogP contribution < -0.4 is 0 Å². The summed E-state index contributed by atoms with van der Waals surface area (Å²) < 4.78 is 0. The molecule has 1 atom stereocenters. The summed E-state index contributed by atoms with van der Waals surface area (Å²) >= 11 is 1.20. The Labute approximate surface area is 152 Å². The first-order chi connectivity index (χ1) is 12.0. The topological polar surface area (TPSA) is 57.6 Å². The highest BCUT2D eigenvalue weighted by atomic mass is 32.2. The van der Waals surface area contributed by atoms with Gasteiger partial charge in [-0.1, -0.05) is 42.5 Å². The molecule has 2 rings (SSSR count). The molecule has 1 amide bonds. The minimum Gasteiger partial charge on any atom is -0.480 e. The largest absolute Gasteiger partial charge is 0.480 e. The van der Waals surface area contributed by atoms with Gasteiger partial charge in [0.05, 0.1) is 5.56 Å². The van der Waals surface area contributed by atoms with E-state index in [0.717, 1.165) is 6.42 Å². The number of hydrogen-bond acceptors (Lipinski definition) is 3. The number of thioether (sulfide) groups is 1. The van der Waals surface area contributed by atoms with Crippen molar-refractivity contribution in [3.8, 4) is 0 Å². The van der Waals surface area contributed by atoms with Gasteiger partial charge < -0.3 is 10.0 Å². The summed E-state index contributed by atoms with van der Waals surface area (Å²) in [7, 11) is 0. The maximum Gasteiger partial charge on any atom is 0.316 e. The van der Waals surface area contributed by atoms with Crippen LogP contribution in [0, 0.1) is 0 Å². The van der Waals surface area contributed by atoms with Crippen LogP contribution in [0.2, 0.25) is 0 Å². The smallest absolute Gasteiger partial charge is 0.316 e. The Bertz CT molecular complexity index is 718. The van der Waals surface area contributed by atoms with E-state index in [4.69, 9.17) is 5.11 Å². The number of aliphatic carboxylic acids is 1. The molecule has 0 aliphatic heterocycles. The maximum absolute atomic E-state index is 12.9. The molecule has 0 heterocycles. The molecule has 4 nitrogen and oxygen atoms in total. The molecule has 2 aromatic rings. The van der Waals surface area contributed by atoms with E-state index in [1.807, 2.05) is 43.3 Å². The Morgan fingerprint density at radius 1 is 1.08 bits per heavy atom. The summed E-state index contributed by atoms with van der Waals surface area (Å²) in [6, 6.07) is 17.3. The summed E-state index contributed by atoms with van der Waals surface area (Å²) in [5.41, 5.74) is 1.76. The van der Waals surface area contributed by atoms with E-state index < -0.39 is 11.2 Å². The van der Waals surface area contributed by atoms with Crippen LogP contribution in [0.15, 0.2) is 59.5 Å². The Morgan fingerprint density at radius 2 is 1.72 bits per heavy atom. The van der Waals surface area contributed by atoms with Crippen LogP contribution in [0.3, 0.4) is 0 Å². The second-order valence-electron chi connectivity index (χ2n) is 5.71. The lowest BCUT2D eigenvalue weighted by Gasteiger charge is -2.22. The number of carbonyl (C=O) groups excluding carboxylic acids is 1. The molecule has 0 radical (unpaired) electrons. The number of carboxylic acids is 1. The first kappa shape index (κ1) is 19.1. The van der Waals surface area contributed by atoms with Crippen molar-refractivity contribution in [2.45, 2.75) is 30.4 Å². The SMILES string of the molecule is CCN(CCc1ccccc1)C(=O)c1ccccc1SC(C)C(=O)O. The number of amides is 1. The highest BCUT2D eigenvalue weighted by Gasteiger charge is 2.20. The van der Waals surface area contributed by atoms with Crippen LogP contribution in [0.25, 0.3) is 0 Å². The van der Waals surface area contributed by atoms with Crippen molar-refractivity contribution < 1.29 is 14.7 Å². The average molecular weight is 357 g/mol. The fraction of sp³-hybridized carbons (Fsp3) is 0.300. The first-order valence-electron chi connectivity index (χ1n) is 8.34. The summed E-state index contributed by atoms with van der Waals surface area (Å²) in [4.78, 5) is 26.6. The molecule has 2 aromatic carbocycles. The molecule has 0 fully saturated rings. The lowest BCUT2D eigenvalue weighted by Crippen LogP contribution is -2.33. The number of carbonyl (C=O) groups is 2. The molecular weight excluding hydrogens is 334 g/mol. The van der Waals surface area contributed by atoms with Gasteiger partial charge in [-0.3, -0.25) is 9.59 Å². The van der Waals surface area contributed by atoms with Crippen LogP contribution in [0.5, 0.6) is 0 Å². The summed E-state index contributed by atoms with van der Waals surface area (Å²) in [6.45, 7) is 4.83. The van der Waals surface area contributed by atoms with Gasteiger partial charge in [0.15, 0.2) is 0 Å². The summed E-state index contributed by atoms with van der Waals surface area (Å²) in [6.07, 6.45) is 0.793. The molecule has 0 saturated heterocycles. The van der Waals surface area contributed by atoms with E-state index in [1.165, 1.54) is 17.3 Å². The van der Waals surface area contributed by atoms with E-state index in [1.54, 1.807) is 17.9 Å². The molecule has 1 unspecified atom stereocenters. The van der Waals surface area contributed by atoms with Gasteiger partial charge in [-0.15, -0.1) is 11.8 Å². The van der Waals surface area contributed by atoms with Crippen molar-refractivity contribution in [3.63, 3.8) is 0 Å². The lowest BCUT2D eigenvalue weighted by atomic mass is 10.1. The standard InChI is InChI=1S/C20H23NO3S/c1-3-21(14-13-16-9-5-4-6-10-16)19(22)17-11-7-8-12-18(17)25-15(2)20(23)24/h4-12,15H,3,13-14H2,1-2H3,(H,23,24). The monoisotopic (exact) mass is 357 g/mol. The lowest BCUT2D eigenvalue weighted by molar-refractivity contribution is -0.136. The zero-order valence-electron chi connectivity index (χ0n) is 14.5. The van der Waals surface area contributed by atoms with Crippen LogP contribution in [0.4, 0.5) is 0 Å². The van der Waals surface area contributed by atoms with Crippen molar-refractivity contribution in [3.05, 3.63) is 65.7 Å². The minimum atomic E-state index is -0.885. The quantitative estimate of drug-likeness (QED) is 0.727. The highest BCUT2D eigenvalue weighted by Crippen LogP contribution is 2.28. The number of likely N-dealkylation sites (N-methyl/N-ethyl adjacent to an activating group) is 1. The van der Waals surface area contributed by atoms with Gasteiger partial charge in [-0.05, 0) is 38.0 Å². The van der Waals surface area contributed by atoms with E-state index in [-0.39, 0.29) is 5.91 Å². The van der Waals surface area contributed by atoms with Gasteiger partial charge >= 0.3 is 5.97 Å². The zero-order valence-corrected chi connectivity index (χ0v) is 15.3. The third-order valence-corrected chi connectivity index (χ3v) is 5.12. The normalized spacial score (nSPS) is 11.8. The third kappa shape index (κ3) is 5.36. The number of hydrogen-bond donors (Lipinski definition) is 1. The predicted molar refractivity (Wildman–Crippen MR) is 101 cm³/mol. The fourth-order valence-electron chi connectivity index (χ4n) is 2.47. The van der Waals surface area contributed by atoms with Gasteiger partial charge in [0.2, 0.25) is 0 Å². The van der Waals surface area contributed by atoms with Gasteiger partial charge in [-0.25, -0.2) is 0 Å². The Balaban J connectivity index is 2.13. The van der Waals surface area contributed by atoms with Gasteiger partial charge in [0.25, 0.3) is 5.91 Å². The predicted octanol–water partition coefficient (Wildman–Crippen LogP) is 3.96. The Morgan fingerprint density at radius 3 is 2.36 bits per heavy atom. The molecular formula is C20H23NO3S. The fourth-order valence-corrected chi connectivity index (χ4v) is 3.39. The number of carboxylic acid groups (broad SMARTS) is 1. The van der Waals surface area contributed by atoms with Crippen LogP contribution in [-0.4, -0.2) is 40.2 Å². The van der Waals surface area contributed by atoms with E-state index in [9.17, 15) is 9.59 Å². The zero-order chi connectivity index (χ0) is 18.2. The molecule has 0 bridgehead atoms. The molecule has 0 spiro atoms. The molecule has 0 aliphatic carbocycles. The molecule has 1 N–H and O–H groups in total. The van der Waals surface area contributed by atoms with Crippen molar-refractivity contribution in [2.24, 2.45) is 0 Å². The maximum atomic E-state index is 12.9. The van der Waals surface area contributed by atoms with Crippen molar-refractivity contribution in [1.82, 2.24) is 4.90 Å². The molecule has 0 aliphatic rings. The van der Waals surface area contributed by atoms with E-state index >= 15 is 0 Å². The van der Waals surface area contributed by atoms with E-state index in [0.29, 0.717) is 23.5 Å². The number of nitrogens with zero attached hydrogens (tertiary/aromatic N) is 1. The summed E-state index contributed by atoms with van der Waals surface area (Å²) in [5.74, 6) is -0.942. The second kappa shape index (κ2) is 9.28. The Hall–Kier alpha value is -2.27. The molecule has 0 aromatic heterocycles. The second-order valence-corrected chi connectivity index (χ2v) is 7.10. The van der Waals surface area contributed by atoms with Crippen molar-refractivity contribution in [2.75, 3.05) is 13.1 Å². The highest BCUT2D eigenvalue weighted by molar-refractivity contribution is 8.00. The van der Waals surface area contributed by atoms with Gasteiger partial charge in [0.1, 0.15) is 5.25 Å². The van der Waals surface area contributed by atoms with Crippen molar-refractivity contribution >= 4 is 23.6 Å². The average Bonchev–Trinajstić information content (AvgIpc) is 2.63. The third-order valence-electron chi connectivity index (χ3n) is 3.95. The van der Waals surface area contributed by atoms with Crippen LogP contribution >= 0.6 is 11.8 Å². The molecule has 25 heavy (non-hydrogen) atoms. The van der Waals surface area contributed by atoms with Crippen LogP contribution in [-0.2, 0) is 11.2 Å². The minimum absolute atomic E-state index is 0.0564. The Kier molecular flexibility index (Phi) is 7.07. The van der Waals surface area contributed by atoms with Crippen LogP contribution in [0.1, 0.15) is 29.8 Å².